The van der Waals surface area contributed by atoms with Crippen molar-refractivity contribution in [2.75, 3.05) is 12.4 Å². The molecule has 1 N–H and O–H groups in total. The van der Waals surface area contributed by atoms with E-state index in [2.05, 4.69) is 4.72 Å². The van der Waals surface area contributed by atoms with Crippen LogP contribution < -0.4 is 4.72 Å². The summed E-state index contributed by atoms with van der Waals surface area (Å²) in [5.74, 6) is -0.252. The first-order valence-corrected chi connectivity index (χ1v) is 9.09. The number of hydrogen-bond acceptors (Lipinski definition) is 3. The van der Waals surface area contributed by atoms with Crippen LogP contribution in [0.1, 0.15) is 42.9 Å². The fraction of sp³-hybridized carbons (Fsp3) is 0.600. The van der Waals surface area contributed by atoms with Crippen LogP contribution in [0.4, 0.5) is 4.39 Å². The van der Waals surface area contributed by atoms with E-state index in [4.69, 9.17) is 4.74 Å². The van der Waals surface area contributed by atoms with Gasteiger partial charge in [-0.15, -0.1) is 0 Å². The molecule has 116 valence electrons. The van der Waals surface area contributed by atoms with Crippen LogP contribution in [-0.4, -0.2) is 26.9 Å². The van der Waals surface area contributed by atoms with Crippen LogP contribution in [0.25, 0.3) is 0 Å². The maximum absolute atomic E-state index is 13.3. The van der Waals surface area contributed by atoms with Gasteiger partial charge in [-0.3, -0.25) is 0 Å². The Kier molecular flexibility index (Phi) is 4.28. The van der Waals surface area contributed by atoms with E-state index in [1.54, 1.807) is 6.07 Å². The van der Waals surface area contributed by atoms with Gasteiger partial charge in [0.15, 0.2) is 0 Å². The number of fused-ring (bicyclic) bond motifs is 1. The van der Waals surface area contributed by atoms with Gasteiger partial charge >= 0.3 is 0 Å². The molecule has 0 amide bonds. The highest BCUT2D eigenvalue weighted by atomic mass is 32.2. The summed E-state index contributed by atoms with van der Waals surface area (Å²) in [5, 5.41) is 0. The SMILES string of the molecule is O=S(=O)(CC[C@@H]1CCCO1)N[C@@H]1CCc2ccc(F)cc21. The molecule has 21 heavy (non-hydrogen) atoms. The molecule has 1 fully saturated rings. The number of hydrogen-bond donors (Lipinski definition) is 1. The molecule has 1 aliphatic heterocycles. The molecule has 0 aromatic heterocycles. The number of ether oxygens (including phenoxy) is 1. The molecule has 6 heteroatoms. The van der Waals surface area contributed by atoms with Crippen molar-refractivity contribution in [2.24, 2.45) is 0 Å². The van der Waals surface area contributed by atoms with Gasteiger partial charge in [0.1, 0.15) is 5.82 Å². The highest BCUT2D eigenvalue weighted by molar-refractivity contribution is 7.89. The zero-order valence-electron chi connectivity index (χ0n) is 11.8. The maximum atomic E-state index is 13.3. The predicted octanol–water partition coefficient (Wildman–Crippen LogP) is 2.30. The van der Waals surface area contributed by atoms with Crippen LogP contribution in [-0.2, 0) is 21.2 Å². The number of benzene rings is 1. The molecular weight excluding hydrogens is 293 g/mol. The summed E-state index contributed by atoms with van der Waals surface area (Å²) in [6, 6.07) is 4.30. The number of nitrogens with one attached hydrogen (secondary N) is 1. The first-order chi connectivity index (χ1) is 10.0. The van der Waals surface area contributed by atoms with Gasteiger partial charge in [-0.1, -0.05) is 6.07 Å². The summed E-state index contributed by atoms with van der Waals surface area (Å²) in [6.45, 7) is 0.730. The quantitative estimate of drug-likeness (QED) is 0.907. The largest absolute Gasteiger partial charge is 0.378 e. The summed E-state index contributed by atoms with van der Waals surface area (Å²) < 4.78 is 45.8. The zero-order valence-corrected chi connectivity index (χ0v) is 12.7. The second-order valence-electron chi connectivity index (χ2n) is 5.79. The van der Waals surface area contributed by atoms with E-state index in [1.165, 1.54) is 12.1 Å². The molecule has 4 nitrogen and oxygen atoms in total. The Morgan fingerprint density at radius 3 is 2.95 bits per heavy atom. The lowest BCUT2D eigenvalue weighted by atomic mass is 10.1. The van der Waals surface area contributed by atoms with Crippen LogP contribution in [0, 0.1) is 5.82 Å². The maximum Gasteiger partial charge on any atom is 0.212 e. The zero-order chi connectivity index (χ0) is 14.9. The van der Waals surface area contributed by atoms with Crippen LogP contribution in [0.5, 0.6) is 0 Å². The number of aryl methyl sites for hydroxylation is 1. The number of halogens is 1. The van der Waals surface area contributed by atoms with Gasteiger partial charge in [0.05, 0.1) is 11.9 Å². The highest BCUT2D eigenvalue weighted by Gasteiger charge is 2.27. The molecule has 0 bridgehead atoms. The molecule has 3 rings (SSSR count). The van der Waals surface area contributed by atoms with Crippen molar-refractivity contribution in [3.63, 3.8) is 0 Å². The van der Waals surface area contributed by atoms with Gasteiger partial charge in [0, 0.05) is 12.6 Å². The summed E-state index contributed by atoms with van der Waals surface area (Å²) in [7, 11) is -3.36. The first kappa shape index (κ1) is 14.9. The fourth-order valence-corrected chi connectivity index (χ4v) is 4.50. The van der Waals surface area contributed by atoms with E-state index in [9.17, 15) is 12.8 Å². The van der Waals surface area contributed by atoms with Crippen LogP contribution >= 0.6 is 0 Å². The van der Waals surface area contributed by atoms with Gasteiger partial charge < -0.3 is 4.74 Å². The van der Waals surface area contributed by atoms with Crippen LogP contribution in [0.2, 0.25) is 0 Å². The van der Waals surface area contributed by atoms with E-state index in [0.717, 1.165) is 37.0 Å². The Morgan fingerprint density at radius 1 is 1.33 bits per heavy atom. The molecule has 1 aromatic carbocycles. The Morgan fingerprint density at radius 2 is 2.19 bits per heavy atom. The van der Waals surface area contributed by atoms with E-state index >= 15 is 0 Å². The molecule has 1 saturated heterocycles. The van der Waals surface area contributed by atoms with Gasteiger partial charge in [0.2, 0.25) is 10.0 Å². The van der Waals surface area contributed by atoms with E-state index in [0.29, 0.717) is 12.8 Å². The number of rotatable bonds is 5. The van der Waals surface area contributed by atoms with Gasteiger partial charge in [-0.05, 0) is 55.4 Å². The second-order valence-corrected chi connectivity index (χ2v) is 7.67. The van der Waals surface area contributed by atoms with Crippen molar-refractivity contribution in [1.82, 2.24) is 4.72 Å². The Balaban J connectivity index is 1.62. The minimum absolute atomic E-state index is 0.0647. The lowest BCUT2D eigenvalue weighted by molar-refractivity contribution is 0.108. The molecule has 1 heterocycles. The monoisotopic (exact) mass is 313 g/mol. The molecule has 2 aliphatic rings. The summed E-state index contributed by atoms with van der Waals surface area (Å²) in [5.41, 5.74) is 1.80. The van der Waals surface area contributed by atoms with E-state index in [-0.39, 0.29) is 23.7 Å². The average molecular weight is 313 g/mol. The third-order valence-corrected chi connectivity index (χ3v) is 5.66. The smallest absolute Gasteiger partial charge is 0.212 e. The summed E-state index contributed by atoms with van der Waals surface area (Å²) in [4.78, 5) is 0. The third kappa shape index (κ3) is 3.62. The minimum Gasteiger partial charge on any atom is -0.378 e. The summed E-state index contributed by atoms with van der Waals surface area (Å²) >= 11 is 0. The molecular formula is C15H20FNO3S. The highest BCUT2D eigenvalue weighted by Crippen LogP contribution is 2.32. The van der Waals surface area contributed by atoms with Crippen LogP contribution in [0.15, 0.2) is 18.2 Å². The second kappa shape index (κ2) is 6.02. The molecule has 0 unspecified atom stereocenters. The van der Waals surface area contributed by atoms with E-state index in [1.807, 2.05) is 0 Å². The van der Waals surface area contributed by atoms with Crippen molar-refractivity contribution in [2.45, 2.75) is 44.2 Å². The van der Waals surface area contributed by atoms with Crippen molar-refractivity contribution in [1.29, 1.82) is 0 Å². The molecule has 1 aromatic rings. The average Bonchev–Trinajstić information content (AvgIpc) is 3.07. The van der Waals surface area contributed by atoms with Gasteiger partial charge in [-0.25, -0.2) is 17.5 Å². The molecule has 1 aliphatic carbocycles. The van der Waals surface area contributed by atoms with E-state index < -0.39 is 10.0 Å². The minimum atomic E-state index is -3.36. The molecule has 2 atom stereocenters. The molecule has 0 radical (unpaired) electrons. The number of sulfonamides is 1. The Labute approximate surface area is 124 Å². The van der Waals surface area contributed by atoms with Crippen molar-refractivity contribution in [3.05, 3.63) is 35.1 Å². The van der Waals surface area contributed by atoms with Crippen molar-refractivity contribution >= 4 is 10.0 Å². The molecule has 0 saturated carbocycles. The van der Waals surface area contributed by atoms with Gasteiger partial charge in [-0.2, -0.15) is 0 Å². The van der Waals surface area contributed by atoms with Crippen molar-refractivity contribution in [3.8, 4) is 0 Å². The standard InChI is InChI=1S/C15H20FNO3S/c16-12-5-3-11-4-6-15(14(11)10-12)17-21(18,19)9-7-13-2-1-8-20-13/h3,5,10,13,15,17H,1-2,4,6-9H2/t13-,15+/m0/s1. The Hall–Kier alpha value is -0.980. The van der Waals surface area contributed by atoms with Crippen molar-refractivity contribution < 1.29 is 17.5 Å². The normalized spacial score (nSPS) is 25.2. The Bertz CT molecular complexity index is 611. The first-order valence-electron chi connectivity index (χ1n) is 7.43. The topological polar surface area (TPSA) is 55.4 Å². The third-order valence-electron chi connectivity index (χ3n) is 4.24. The lowest BCUT2D eigenvalue weighted by Crippen LogP contribution is -2.31. The van der Waals surface area contributed by atoms with Crippen LogP contribution in [0.3, 0.4) is 0 Å². The lowest BCUT2D eigenvalue weighted by Gasteiger charge is -2.16. The fourth-order valence-electron chi connectivity index (χ4n) is 3.13. The predicted molar refractivity (Wildman–Crippen MR) is 78.0 cm³/mol. The summed E-state index contributed by atoms with van der Waals surface area (Å²) in [6.07, 6.45) is 4.01. The van der Waals surface area contributed by atoms with Gasteiger partial charge in [0.25, 0.3) is 0 Å². The molecule has 0 spiro atoms.